The van der Waals surface area contributed by atoms with Crippen molar-refractivity contribution in [1.82, 2.24) is 0 Å². The molecule has 0 heterocycles. The van der Waals surface area contributed by atoms with Gasteiger partial charge in [0.05, 0.1) is 26.4 Å². The molecule has 17 nitrogen and oxygen atoms in total. The van der Waals surface area contributed by atoms with Crippen LogP contribution in [-0.4, -0.2) is 96.7 Å². The summed E-state index contributed by atoms with van der Waals surface area (Å²) in [5.41, 5.74) is 0. The molecular weight excluding hydrogens is 1330 g/mol. The van der Waals surface area contributed by atoms with Gasteiger partial charge in [-0.2, -0.15) is 0 Å². The van der Waals surface area contributed by atoms with Crippen molar-refractivity contribution in [3.05, 3.63) is 0 Å². The van der Waals surface area contributed by atoms with E-state index in [0.29, 0.717) is 25.7 Å². The number of phosphoric ester groups is 2. The van der Waals surface area contributed by atoms with Crippen LogP contribution in [0.4, 0.5) is 0 Å². The van der Waals surface area contributed by atoms with Crippen LogP contribution in [0.1, 0.15) is 446 Å². The van der Waals surface area contributed by atoms with Gasteiger partial charge in [0.15, 0.2) is 12.2 Å². The van der Waals surface area contributed by atoms with Crippen LogP contribution >= 0.6 is 15.6 Å². The lowest BCUT2D eigenvalue weighted by molar-refractivity contribution is -0.161. The second-order valence-corrected chi connectivity index (χ2v) is 33.0. The summed E-state index contributed by atoms with van der Waals surface area (Å²) >= 11 is 0. The van der Waals surface area contributed by atoms with E-state index in [1.807, 2.05) is 0 Å². The minimum atomic E-state index is -4.96. The van der Waals surface area contributed by atoms with Gasteiger partial charge in [-0.05, 0) is 31.6 Å². The standard InChI is InChI=1S/C83H162O17P2/c1-6-10-13-16-19-22-25-27-29-31-33-35-36-38-40-42-44-46-49-52-58-63-68-82(87)99-78(72-93-81(86)67-62-57-51-48-45-43-41-39-37-34-32-30-28-26-23-20-17-14-11-7-2)74-97-101(89,90)95-70-77(84)71-96-102(91,92)98-75-79(100-83(88)69-64-59-54-53-55-60-65-76(5)9-4)73-94-80(85)66-61-56-50-47-24-21-18-15-12-8-3/h76-79,84H,6-75H2,1-5H3,(H,89,90)(H,91,92)/t76?,77-,78-,79-/m1/s1. The zero-order valence-electron chi connectivity index (χ0n) is 66.8. The maximum atomic E-state index is 13.1. The highest BCUT2D eigenvalue weighted by atomic mass is 31.2. The van der Waals surface area contributed by atoms with Crippen LogP contribution in [0.5, 0.6) is 0 Å². The fourth-order valence-electron chi connectivity index (χ4n) is 12.9. The van der Waals surface area contributed by atoms with Crippen molar-refractivity contribution >= 4 is 39.5 Å². The Bertz CT molecular complexity index is 1950. The Hall–Kier alpha value is -1.94. The third-order valence-corrected chi connectivity index (χ3v) is 21.8. The van der Waals surface area contributed by atoms with Gasteiger partial charge in [-0.15, -0.1) is 0 Å². The highest BCUT2D eigenvalue weighted by Crippen LogP contribution is 2.45. The molecule has 0 aliphatic rings. The smallest absolute Gasteiger partial charge is 0.462 e. The SMILES string of the molecule is CCCCCCCCCCCCCCCCCCCCCCCCC(=O)O[C@H](COC(=O)CCCCCCCCCCCCCCCCCCCCCC)COP(=O)(O)OC[C@@H](O)COP(=O)(O)OC[C@@H](COC(=O)CCCCCCCCCCCC)OC(=O)CCCCCCCCC(C)CC. The first-order chi connectivity index (χ1) is 49.6. The Kier molecular flexibility index (Phi) is 74.4. The van der Waals surface area contributed by atoms with Crippen LogP contribution in [-0.2, 0) is 65.4 Å². The summed E-state index contributed by atoms with van der Waals surface area (Å²) in [4.78, 5) is 73.0. The maximum Gasteiger partial charge on any atom is 0.472 e. The predicted molar refractivity (Wildman–Crippen MR) is 418 cm³/mol. The number of esters is 4. The first-order valence-electron chi connectivity index (χ1n) is 43.2. The van der Waals surface area contributed by atoms with E-state index in [0.717, 1.165) is 95.8 Å². The van der Waals surface area contributed by atoms with Crippen molar-refractivity contribution < 1.29 is 80.2 Å². The Balaban J connectivity index is 5.17. The molecule has 0 aromatic heterocycles. The maximum absolute atomic E-state index is 13.1. The molecule has 0 aromatic rings. The molecule has 0 aliphatic carbocycles. The van der Waals surface area contributed by atoms with Crippen molar-refractivity contribution in [2.24, 2.45) is 5.92 Å². The molecule has 3 unspecified atom stereocenters. The van der Waals surface area contributed by atoms with E-state index in [-0.39, 0.29) is 25.7 Å². The van der Waals surface area contributed by atoms with Crippen LogP contribution in [0, 0.1) is 5.92 Å². The zero-order valence-corrected chi connectivity index (χ0v) is 68.5. The normalized spacial score (nSPS) is 14.1. The second kappa shape index (κ2) is 75.9. The molecule has 606 valence electrons. The summed E-state index contributed by atoms with van der Waals surface area (Å²) in [5, 5.41) is 10.6. The summed E-state index contributed by atoms with van der Waals surface area (Å²) in [6.07, 6.45) is 68.4. The van der Waals surface area contributed by atoms with Gasteiger partial charge in [0.2, 0.25) is 0 Å². The summed E-state index contributed by atoms with van der Waals surface area (Å²) < 4.78 is 68.7. The number of aliphatic hydroxyl groups excluding tert-OH is 1. The average Bonchev–Trinajstić information content (AvgIpc) is 0.912. The molecule has 102 heavy (non-hydrogen) atoms. The number of rotatable bonds is 83. The third kappa shape index (κ3) is 74.9. The van der Waals surface area contributed by atoms with Gasteiger partial charge in [0.1, 0.15) is 19.3 Å². The first kappa shape index (κ1) is 100. The Morgan fingerprint density at radius 2 is 0.471 bits per heavy atom. The Labute approximate surface area is 626 Å². The van der Waals surface area contributed by atoms with Crippen molar-refractivity contribution in [3.8, 4) is 0 Å². The molecule has 3 N–H and O–H groups in total. The predicted octanol–water partition coefficient (Wildman–Crippen LogP) is 25.2. The Morgan fingerprint density at radius 1 is 0.275 bits per heavy atom. The van der Waals surface area contributed by atoms with E-state index in [4.69, 9.17) is 37.0 Å². The van der Waals surface area contributed by atoms with E-state index in [9.17, 15) is 43.2 Å². The third-order valence-electron chi connectivity index (χ3n) is 19.9. The molecule has 19 heteroatoms. The molecule has 0 saturated heterocycles. The van der Waals surface area contributed by atoms with E-state index in [1.165, 1.54) is 270 Å². The minimum absolute atomic E-state index is 0.104. The van der Waals surface area contributed by atoms with Crippen LogP contribution < -0.4 is 0 Å². The summed E-state index contributed by atoms with van der Waals surface area (Å²) in [6, 6.07) is 0. The lowest BCUT2D eigenvalue weighted by Crippen LogP contribution is -2.30. The van der Waals surface area contributed by atoms with E-state index in [1.54, 1.807) is 0 Å². The molecule has 0 radical (unpaired) electrons. The Morgan fingerprint density at radius 3 is 0.696 bits per heavy atom. The zero-order chi connectivity index (χ0) is 74.8. The molecule has 0 bridgehead atoms. The molecule has 0 spiro atoms. The van der Waals surface area contributed by atoms with Gasteiger partial charge in [-0.25, -0.2) is 9.13 Å². The largest absolute Gasteiger partial charge is 0.472 e. The fourth-order valence-corrected chi connectivity index (χ4v) is 14.5. The highest BCUT2D eigenvalue weighted by Gasteiger charge is 2.30. The molecule has 0 amide bonds. The number of hydrogen-bond acceptors (Lipinski definition) is 15. The van der Waals surface area contributed by atoms with Crippen LogP contribution in [0.2, 0.25) is 0 Å². The average molecular weight is 1490 g/mol. The van der Waals surface area contributed by atoms with Crippen molar-refractivity contribution in [1.29, 1.82) is 0 Å². The van der Waals surface area contributed by atoms with Gasteiger partial charge in [0, 0.05) is 25.7 Å². The number of carbonyl (C=O) groups excluding carboxylic acids is 4. The molecular formula is C83H162O17P2. The summed E-state index contributed by atoms with van der Waals surface area (Å²) in [5.74, 6) is -1.39. The molecule has 6 atom stereocenters. The van der Waals surface area contributed by atoms with E-state index >= 15 is 0 Å². The van der Waals surface area contributed by atoms with Gasteiger partial charge in [-0.1, -0.05) is 394 Å². The lowest BCUT2D eigenvalue weighted by atomic mass is 10.00. The van der Waals surface area contributed by atoms with Gasteiger partial charge >= 0.3 is 39.5 Å². The van der Waals surface area contributed by atoms with Crippen molar-refractivity contribution in [3.63, 3.8) is 0 Å². The van der Waals surface area contributed by atoms with Crippen molar-refractivity contribution in [2.75, 3.05) is 39.6 Å². The highest BCUT2D eigenvalue weighted by molar-refractivity contribution is 7.47. The van der Waals surface area contributed by atoms with Crippen LogP contribution in [0.3, 0.4) is 0 Å². The quantitative estimate of drug-likeness (QED) is 0.0222. The molecule has 0 rings (SSSR count). The summed E-state index contributed by atoms with van der Waals surface area (Å²) in [7, 11) is -9.92. The number of unbranched alkanes of at least 4 members (excludes halogenated alkanes) is 54. The topological polar surface area (TPSA) is 237 Å². The van der Waals surface area contributed by atoms with Crippen LogP contribution in [0.25, 0.3) is 0 Å². The minimum Gasteiger partial charge on any atom is -0.462 e. The number of carbonyl (C=O) groups is 4. The number of ether oxygens (including phenoxy) is 4. The number of hydrogen-bond donors (Lipinski definition) is 3. The monoisotopic (exact) mass is 1490 g/mol. The molecule has 0 fully saturated rings. The molecule has 0 aliphatic heterocycles. The first-order valence-corrected chi connectivity index (χ1v) is 46.2. The van der Waals surface area contributed by atoms with E-state index < -0.39 is 97.5 Å². The number of phosphoric acid groups is 2. The summed E-state index contributed by atoms with van der Waals surface area (Å²) in [6.45, 7) is 7.27. The lowest BCUT2D eigenvalue weighted by Gasteiger charge is -2.21. The van der Waals surface area contributed by atoms with Gasteiger partial charge in [0.25, 0.3) is 0 Å². The second-order valence-electron chi connectivity index (χ2n) is 30.1. The fraction of sp³-hybridized carbons (Fsp3) is 0.952. The number of aliphatic hydroxyl groups is 1. The molecule has 0 aromatic carbocycles. The van der Waals surface area contributed by atoms with Crippen molar-refractivity contribution in [2.45, 2.75) is 464 Å². The van der Waals surface area contributed by atoms with Gasteiger partial charge < -0.3 is 33.8 Å². The molecule has 0 saturated carbocycles. The van der Waals surface area contributed by atoms with Gasteiger partial charge in [-0.3, -0.25) is 37.3 Å². The van der Waals surface area contributed by atoms with E-state index in [2.05, 4.69) is 34.6 Å². The van der Waals surface area contributed by atoms with Crippen LogP contribution in [0.15, 0.2) is 0 Å².